The summed E-state index contributed by atoms with van der Waals surface area (Å²) in [4.78, 5) is 0. The maximum Gasteiger partial charge on any atom is 0.133 e. The second-order valence-electron chi connectivity index (χ2n) is 5.35. The molecule has 0 aliphatic carbocycles. The van der Waals surface area contributed by atoms with Crippen molar-refractivity contribution < 1.29 is 4.74 Å². The summed E-state index contributed by atoms with van der Waals surface area (Å²) in [5.41, 5.74) is 3.50. The Morgan fingerprint density at radius 2 is 1.76 bits per heavy atom. The minimum Gasteiger partial charge on any atom is -0.457 e. The third kappa shape index (κ3) is 4.76. The van der Waals surface area contributed by atoms with Gasteiger partial charge in [0.1, 0.15) is 11.5 Å². The van der Waals surface area contributed by atoms with Crippen molar-refractivity contribution in [2.75, 3.05) is 6.54 Å². The normalized spacial score (nSPS) is 10.7. The van der Waals surface area contributed by atoms with Gasteiger partial charge < -0.3 is 10.1 Å². The van der Waals surface area contributed by atoms with Crippen molar-refractivity contribution in [2.45, 2.75) is 33.7 Å². The van der Waals surface area contributed by atoms with E-state index in [1.54, 1.807) is 0 Å². The molecular formula is C18H22ClNO. The Morgan fingerprint density at radius 3 is 2.43 bits per heavy atom. The molecule has 0 aliphatic heterocycles. The summed E-state index contributed by atoms with van der Waals surface area (Å²) < 4.78 is 6.06. The number of benzene rings is 2. The van der Waals surface area contributed by atoms with E-state index >= 15 is 0 Å². The molecule has 0 spiro atoms. The second kappa shape index (κ2) is 7.48. The van der Waals surface area contributed by atoms with E-state index in [1.807, 2.05) is 30.3 Å². The molecule has 0 radical (unpaired) electrons. The molecule has 0 heterocycles. The molecule has 0 saturated carbocycles. The van der Waals surface area contributed by atoms with E-state index < -0.39 is 0 Å². The van der Waals surface area contributed by atoms with Gasteiger partial charge in [0.15, 0.2) is 0 Å². The highest BCUT2D eigenvalue weighted by molar-refractivity contribution is 6.30. The number of rotatable bonds is 6. The summed E-state index contributed by atoms with van der Waals surface area (Å²) in [5, 5.41) is 4.09. The van der Waals surface area contributed by atoms with E-state index in [1.165, 1.54) is 11.1 Å². The van der Waals surface area contributed by atoms with Gasteiger partial charge in [-0.3, -0.25) is 0 Å². The third-order valence-electron chi connectivity index (χ3n) is 3.19. The van der Waals surface area contributed by atoms with Crippen LogP contribution in [0, 0.1) is 13.8 Å². The molecule has 0 atom stereocenters. The van der Waals surface area contributed by atoms with Gasteiger partial charge in [0.05, 0.1) is 0 Å². The average Bonchev–Trinajstić information content (AvgIpc) is 2.40. The first kappa shape index (κ1) is 15.9. The smallest absolute Gasteiger partial charge is 0.133 e. The van der Waals surface area contributed by atoms with Crippen molar-refractivity contribution >= 4 is 11.6 Å². The monoisotopic (exact) mass is 303 g/mol. The van der Waals surface area contributed by atoms with E-state index in [2.05, 4.69) is 32.2 Å². The molecule has 0 unspecified atom stereocenters. The van der Waals surface area contributed by atoms with Crippen LogP contribution >= 0.6 is 11.6 Å². The molecule has 112 valence electrons. The summed E-state index contributed by atoms with van der Waals surface area (Å²) in [6.07, 6.45) is 1.11. The summed E-state index contributed by atoms with van der Waals surface area (Å²) in [6.45, 7) is 8.07. The van der Waals surface area contributed by atoms with Gasteiger partial charge in [0, 0.05) is 17.1 Å². The average molecular weight is 304 g/mol. The minimum absolute atomic E-state index is 0.689. The van der Waals surface area contributed by atoms with Crippen molar-refractivity contribution in [3.8, 4) is 11.5 Å². The summed E-state index contributed by atoms with van der Waals surface area (Å²) in [6, 6.07) is 12.0. The summed E-state index contributed by atoms with van der Waals surface area (Å²) in [5.74, 6) is 1.67. The molecule has 2 aromatic carbocycles. The van der Waals surface area contributed by atoms with Gasteiger partial charge in [-0.25, -0.2) is 0 Å². The molecule has 2 aromatic rings. The highest BCUT2D eigenvalue weighted by atomic mass is 35.5. The highest BCUT2D eigenvalue weighted by Crippen LogP contribution is 2.29. The van der Waals surface area contributed by atoms with Crippen LogP contribution < -0.4 is 10.1 Å². The van der Waals surface area contributed by atoms with Crippen molar-refractivity contribution in [3.63, 3.8) is 0 Å². The molecule has 3 heteroatoms. The standard InChI is InChI=1S/C18H22ClNO/c1-4-7-20-12-15-5-6-16(19)11-18(15)21-17-9-13(2)8-14(3)10-17/h5-6,8-11,20H,4,7,12H2,1-3H3. The first-order valence-corrected chi connectivity index (χ1v) is 7.71. The van der Waals surface area contributed by atoms with Gasteiger partial charge in [0.2, 0.25) is 0 Å². The first-order valence-electron chi connectivity index (χ1n) is 7.34. The number of nitrogens with one attached hydrogen (secondary N) is 1. The fraction of sp³-hybridized carbons (Fsp3) is 0.333. The lowest BCUT2D eigenvalue weighted by Gasteiger charge is -2.13. The zero-order chi connectivity index (χ0) is 15.2. The van der Waals surface area contributed by atoms with E-state index in [0.29, 0.717) is 5.02 Å². The van der Waals surface area contributed by atoms with E-state index in [4.69, 9.17) is 16.3 Å². The molecule has 21 heavy (non-hydrogen) atoms. The zero-order valence-electron chi connectivity index (χ0n) is 12.9. The van der Waals surface area contributed by atoms with Gasteiger partial charge in [-0.15, -0.1) is 0 Å². The van der Waals surface area contributed by atoms with Gasteiger partial charge in [0.25, 0.3) is 0 Å². The molecule has 0 aliphatic rings. The predicted molar refractivity (Wildman–Crippen MR) is 89.4 cm³/mol. The molecule has 1 N–H and O–H groups in total. The predicted octanol–water partition coefficient (Wildman–Crippen LogP) is 5.25. The zero-order valence-corrected chi connectivity index (χ0v) is 13.6. The minimum atomic E-state index is 0.689. The van der Waals surface area contributed by atoms with Crippen LogP contribution in [0.5, 0.6) is 11.5 Å². The molecular weight excluding hydrogens is 282 g/mol. The van der Waals surface area contributed by atoms with Gasteiger partial charge in [-0.2, -0.15) is 0 Å². The largest absolute Gasteiger partial charge is 0.457 e. The molecule has 0 saturated heterocycles. The van der Waals surface area contributed by atoms with Crippen LogP contribution in [-0.2, 0) is 6.54 Å². The quantitative estimate of drug-likeness (QED) is 0.736. The molecule has 2 rings (SSSR count). The Kier molecular flexibility index (Phi) is 5.66. The van der Waals surface area contributed by atoms with E-state index in [0.717, 1.165) is 36.6 Å². The van der Waals surface area contributed by atoms with Crippen molar-refractivity contribution in [1.29, 1.82) is 0 Å². The summed E-state index contributed by atoms with van der Waals surface area (Å²) >= 11 is 6.11. The van der Waals surface area contributed by atoms with E-state index in [9.17, 15) is 0 Å². The molecule has 2 nitrogen and oxygen atoms in total. The fourth-order valence-electron chi connectivity index (χ4n) is 2.29. The van der Waals surface area contributed by atoms with Crippen molar-refractivity contribution in [2.24, 2.45) is 0 Å². The number of hydrogen-bond donors (Lipinski definition) is 1. The van der Waals surface area contributed by atoms with Crippen LogP contribution in [0.25, 0.3) is 0 Å². The maximum absolute atomic E-state index is 6.11. The van der Waals surface area contributed by atoms with Crippen molar-refractivity contribution in [3.05, 3.63) is 58.1 Å². The number of ether oxygens (including phenoxy) is 1. The van der Waals surface area contributed by atoms with Crippen LogP contribution in [0.4, 0.5) is 0 Å². The van der Waals surface area contributed by atoms with Gasteiger partial charge in [-0.05, 0) is 62.2 Å². The van der Waals surface area contributed by atoms with Crippen LogP contribution in [0.2, 0.25) is 5.02 Å². The Bertz CT molecular complexity index is 590. The number of hydrogen-bond acceptors (Lipinski definition) is 2. The lowest BCUT2D eigenvalue weighted by atomic mass is 10.1. The molecule has 0 aromatic heterocycles. The maximum atomic E-state index is 6.11. The SMILES string of the molecule is CCCNCc1ccc(Cl)cc1Oc1cc(C)cc(C)c1. The highest BCUT2D eigenvalue weighted by Gasteiger charge is 2.07. The Balaban J connectivity index is 2.22. The molecule has 0 bridgehead atoms. The number of aryl methyl sites for hydroxylation is 2. The number of halogens is 1. The van der Waals surface area contributed by atoms with Crippen LogP contribution in [0.15, 0.2) is 36.4 Å². The Morgan fingerprint density at radius 1 is 1.05 bits per heavy atom. The van der Waals surface area contributed by atoms with Gasteiger partial charge >= 0.3 is 0 Å². The topological polar surface area (TPSA) is 21.3 Å². The lowest BCUT2D eigenvalue weighted by Crippen LogP contribution is -2.14. The van der Waals surface area contributed by atoms with Crippen LogP contribution in [0.3, 0.4) is 0 Å². The van der Waals surface area contributed by atoms with E-state index in [-0.39, 0.29) is 0 Å². The second-order valence-corrected chi connectivity index (χ2v) is 5.79. The lowest BCUT2D eigenvalue weighted by molar-refractivity contribution is 0.472. The first-order chi connectivity index (χ1) is 10.1. The summed E-state index contributed by atoms with van der Waals surface area (Å²) in [7, 11) is 0. The molecule has 0 fully saturated rings. The van der Waals surface area contributed by atoms with Crippen LogP contribution in [0.1, 0.15) is 30.0 Å². The van der Waals surface area contributed by atoms with Gasteiger partial charge in [-0.1, -0.05) is 30.7 Å². The fourth-order valence-corrected chi connectivity index (χ4v) is 2.45. The van der Waals surface area contributed by atoms with Crippen LogP contribution in [-0.4, -0.2) is 6.54 Å². The molecule has 0 amide bonds. The Labute approximate surface area is 132 Å². The Hall–Kier alpha value is -1.51. The van der Waals surface area contributed by atoms with Crippen molar-refractivity contribution in [1.82, 2.24) is 5.32 Å². The third-order valence-corrected chi connectivity index (χ3v) is 3.43.